The Balaban J connectivity index is 3.31. The molecule has 3 nitrogen and oxygen atoms in total. The largest absolute Gasteiger partial charge is 0.513 e. The van der Waals surface area contributed by atoms with E-state index < -0.39 is 35.4 Å². The molecule has 0 saturated heterocycles. The molecule has 19 heavy (non-hydrogen) atoms. The summed E-state index contributed by atoms with van der Waals surface area (Å²) in [4.78, 5) is 10.7. The van der Waals surface area contributed by atoms with Crippen molar-refractivity contribution >= 4 is 6.16 Å². The van der Waals surface area contributed by atoms with Gasteiger partial charge in [0.15, 0.2) is 0 Å². The van der Waals surface area contributed by atoms with Gasteiger partial charge >= 0.3 is 18.5 Å². The maximum atomic E-state index is 12.5. The van der Waals surface area contributed by atoms with E-state index in [0.717, 1.165) is 7.11 Å². The van der Waals surface area contributed by atoms with Crippen LogP contribution in [0.2, 0.25) is 0 Å². The van der Waals surface area contributed by atoms with Crippen LogP contribution >= 0.6 is 0 Å². The summed E-state index contributed by atoms with van der Waals surface area (Å²) in [6.45, 7) is 0. The molecule has 0 bridgehead atoms. The van der Waals surface area contributed by atoms with Crippen molar-refractivity contribution in [2.45, 2.75) is 12.4 Å². The van der Waals surface area contributed by atoms with E-state index in [0.29, 0.717) is 0 Å². The standard InChI is InChI=1S/C10H6F6O3/c1-18-8(17)19-7-4-5(9(11,12)13)2-3-6(7)10(14,15)16/h2-4H,1H3. The van der Waals surface area contributed by atoms with Gasteiger partial charge < -0.3 is 9.47 Å². The zero-order valence-electron chi connectivity index (χ0n) is 9.22. The Labute approximate surface area is 102 Å². The highest BCUT2D eigenvalue weighted by Crippen LogP contribution is 2.40. The molecule has 0 spiro atoms. The molecule has 0 heterocycles. The maximum absolute atomic E-state index is 12.5. The monoisotopic (exact) mass is 288 g/mol. The van der Waals surface area contributed by atoms with Crippen LogP contribution in [0.1, 0.15) is 11.1 Å². The highest BCUT2D eigenvalue weighted by atomic mass is 19.4. The first-order chi connectivity index (χ1) is 8.55. The lowest BCUT2D eigenvalue weighted by Crippen LogP contribution is -2.15. The number of carbonyl (C=O) groups is 1. The minimum Gasteiger partial charge on any atom is -0.437 e. The number of ether oxygens (including phenoxy) is 2. The van der Waals surface area contributed by atoms with E-state index in [1.54, 1.807) is 0 Å². The Morgan fingerprint density at radius 3 is 2.05 bits per heavy atom. The van der Waals surface area contributed by atoms with Gasteiger partial charge in [-0.15, -0.1) is 0 Å². The van der Waals surface area contributed by atoms with Crippen molar-refractivity contribution in [3.63, 3.8) is 0 Å². The number of hydrogen-bond donors (Lipinski definition) is 0. The molecule has 0 amide bonds. The van der Waals surface area contributed by atoms with Crippen LogP contribution in [-0.2, 0) is 17.1 Å². The number of rotatable bonds is 1. The molecule has 0 saturated carbocycles. The Hall–Kier alpha value is -1.93. The summed E-state index contributed by atoms with van der Waals surface area (Å²) < 4.78 is 82.7. The van der Waals surface area contributed by atoms with Crippen molar-refractivity contribution in [1.29, 1.82) is 0 Å². The van der Waals surface area contributed by atoms with Gasteiger partial charge in [0, 0.05) is 0 Å². The van der Waals surface area contributed by atoms with E-state index in [9.17, 15) is 31.1 Å². The lowest BCUT2D eigenvalue weighted by Gasteiger charge is -2.14. The van der Waals surface area contributed by atoms with Crippen molar-refractivity contribution in [3.8, 4) is 5.75 Å². The van der Waals surface area contributed by atoms with Gasteiger partial charge in [-0.3, -0.25) is 0 Å². The number of halogens is 6. The molecule has 0 fully saturated rings. The second-order valence-electron chi connectivity index (χ2n) is 3.26. The molecular formula is C10H6F6O3. The third kappa shape index (κ3) is 3.76. The topological polar surface area (TPSA) is 35.5 Å². The van der Waals surface area contributed by atoms with Crippen LogP contribution in [0, 0.1) is 0 Å². The molecule has 106 valence electrons. The second kappa shape index (κ2) is 4.98. The van der Waals surface area contributed by atoms with Crippen LogP contribution in [0.15, 0.2) is 18.2 Å². The van der Waals surface area contributed by atoms with Crippen LogP contribution < -0.4 is 4.74 Å². The van der Waals surface area contributed by atoms with Crippen molar-refractivity contribution in [2.75, 3.05) is 7.11 Å². The van der Waals surface area contributed by atoms with E-state index in [4.69, 9.17) is 0 Å². The van der Waals surface area contributed by atoms with E-state index in [-0.39, 0.29) is 18.2 Å². The quantitative estimate of drug-likeness (QED) is 0.447. The fourth-order valence-corrected chi connectivity index (χ4v) is 1.15. The minimum absolute atomic E-state index is 0.0831. The summed E-state index contributed by atoms with van der Waals surface area (Å²) in [6.07, 6.45) is -11.4. The maximum Gasteiger partial charge on any atom is 0.513 e. The van der Waals surface area contributed by atoms with Gasteiger partial charge in [-0.25, -0.2) is 4.79 Å². The number of alkyl halides is 6. The molecule has 9 heteroatoms. The first-order valence-electron chi connectivity index (χ1n) is 4.60. The summed E-state index contributed by atoms with van der Waals surface area (Å²) in [6, 6.07) is 0.508. The predicted molar refractivity (Wildman–Crippen MR) is 49.5 cm³/mol. The summed E-state index contributed by atoms with van der Waals surface area (Å²) in [7, 11) is 0.809. The molecule has 0 N–H and O–H groups in total. The molecule has 0 aromatic heterocycles. The zero-order valence-corrected chi connectivity index (χ0v) is 9.22. The van der Waals surface area contributed by atoms with Crippen molar-refractivity contribution in [3.05, 3.63) is 29.3 Å². The van der Waals surface area contributed by atoms with Crippen LogP contribution in [-0.4, -0.2) is 13.3 Å². The van der Waals surface area contributed by atoms with Crippen molar-refractivity contribution in [2.24, 2.45) is 0 Å². The molecule has 0 atom stereocenters. The van der Waals surface area contributed by atoms with E-state index in [2.05, 4.69) is 9.47 Å². The van der Waals surface area contributed by atoms with E-state index >= 15 is 0 Å². The third-order valence-electron chi connectivity index (χ3n) is 1.97. The van der Waals surface area contributed by atoms with Gasteiger partial charge in [-0.1, -0.05) is 0 Å². The lowest BCUT2D eigenvalue weighted by atomic mass is 10.1. The predicted octanol–water partition coefficient (Wildman–Crippen LogP) is 3.87. The molecule has 0 aliphatic heterocycles. The Morgan fingerprint density at radius 1 is 1.05 bits per heavy atom. The summed E-state index contributed by atoms with van der Waals surface area (Å²) in [5.41, 5.74) is -2.88. The lowest BCUT2D eigenvalue weighted by molar-refractivity contribution is -0.142. The third-order valence-corrected chi connectivity index (χ3v) is 1.97. The fourth-order valence-electron chi connectivity index (χ4n) is 1.15. The van der Waals surface area contributed by atoms with Gasteiger partial charge in [-0.2, -0.15) is 26.3 Å². The summed E-state index contributed by atoms with van der Waals surface area (Å²) >= 11 is 0. The average molecular weight is 288 g/mol. The Morgan fingerprint density at radius 2 is 1.63 bits per heavy atom. The smallest absolute Gasteiger partial charge is 0.437 e. The van der Waals surface area contributed by atoms with Gasteiger partial charge in [-0.05, 0) is 18.2 Å². The van der Waals surface area contributed by atoms with E-state index in [1.165, 1.54) is 0 Å². The number of methoxy groups -OCH3 is 1. The van der Waals surface area contributed by atoms with Crippen LogP contribution in [0.5, 0.6) is 5.75 Å². The number of benzene rings is 1. The van der Waals surface area contributed by atoms with Gasteiger partial charge in [0.1, 0.15) is 5.75 Å². The molecule has 1 rings (SSSR count). The number of carbonyl (C=O) groups excluding carboxylic acids is 1. The summed E-state index contributed by atoms with van der Waals surface area (Å²) in [5.74, 6) is -1.27. The first-order valence-corrected chi connectivity index (χ1v) is 4.60. The van der Waals surface area contributed by atoms with Crippen molar-refractivity contribution in [1.82, 2.24) is 0 Å². The van der Waals surface area contributed by atoms with E-state index in [1.807, 2.05) is 0 Å². The number of hydrogen-bond acceptors (Lipinski definition) is 3. The summed E-state index contributed by atoms with van der Waals surface area (Å²) in [5, 5.41) is 0. The van der Waals surface area contributed by atoms with Crippen LogP contribution in [0.4, 0.5) is 31.1 Å². The average Bonchev–Trinajstić information content (AvgIpc) is 2.26. The molecule has 0 unspecified atom stereocenters. The molecule has 1 aromatic rings. The zero-order chi connectivity index (χ0) is 14.8. The Bertz CT molecular complexity index is 477. The van der Waals surface area contributed by atoms with Gasteiger partial charge in [0.2, 0.25) is 0 Å². The normalized spacial score (nSPS) is 12.2. The molecule has 0 aliphatic rings. The van der Waals surface area contributed by atoms with Gasteiger partial charge in [0.05, 0.1) is 18.2 Å². The highest BCUT2D eigenvalue weighted by molar-refractivity contribution is 5.64. The molecule has 0 radical (unpaired) electrons. The highest BCUT2D eigenvalue weighted by Gasteiger charge is 2.38. The van der Waals surface area contributed by atoms with Crippen LogP contribution in [0.3, 0.4) is 0 Å². The van der Waals surface area contributed by atoms with Crippen LogP contribution in [0.25, 0.3) is 0 Å². The molecule has 0 aliphatic carbocycles. The Kier molecular flexibility index (Phi) is 3.97. The fraction of sp³-hybridized carbons (Fsp3) is 0.300. The minimum atomic E-state index is -4.96. The SMILES string of the molecule is COC(=O)Oc1cc(C(F)(F)F)ccc1C(F)(F)F. The van der Waals surface area contributed by atoms with Crippen molar-refractivity contribution < 1.29 is 40.6 Å². The molecule has 1 aromatic carbocycles. The molecular weight excluding hydrogens is 282 g/mol. The first kappa shape index (κ1) is 15.1. The second-order valence-corrected chi connectivity index (χ2v) is 3.26. The van der Waals surface area contributed by atoms with Gasteiger partial charge in [0.25, 0.3) is 0 Å².